The molecule has 2 amide bonds. The Bertz CT molecular complexity index is 918. The molecule has 0 radical (unpaired) electrons. The summed E-state index contributed by atoms with van der Waals surface area (Å²) in [5.74, 6) is 0.931. The number of hydrogen-bond acceptors (Lipinski definition) is 4. The van der Waals surface area contributed by atoms with Crippen molar-refractivity contribution in [1.29, 1.82) is 0 Å². The van der Waals surface area contributed by atoms with Crippen LogP contribution in [0.15, 0.2) is 36.4 Å². The van der Waals surface area contributed by atoms with Gasteiger partial charge in [-0.2, -0.15) is 0 Å². The fraction of sp³-hybridized carbons (Fsp3) is 0.391. The van der Waals surface area contributed by atoms with Crippen molar-refractivity contribution in [2.75, 3.05) is 20.8 Å². The smallest absolute Gasteiger partial charge is 0.253 e. The first-order valence-corrected chi connectivity index (χ1v) is 10.7. The van der Waals surface area contributed by atoms with Gasteiger partial charge in [-0.05, 0) is 48.6 Å². The Hall–Kier alpha value is -2.44. The Morgan fingerprint density at radius 1 is 1.03 bits per heavy atom. The molecule has 2 aromatic rings. The van der Waals surface area contributed by atoms with Crippen molar-refractivity contribution in [2.45, 2.75) is 32.7 Å². The quantitative estimate of drug-likeness (QED) is 0.539. The summed E-state index contributed by atoms with van der Waals surface area (Å²) in [6.45, 7) is 4.38. The first-order valence-electron chi connectivity index (χ1n) is 9.99. The molecule has 0 fully saturated rings. The maximum atomic E-state index is 12.8. The topological polar surface area (TPSA) is 76.7 Å². The minimum Gasteiger partial charge on any atom is -0.497 e. The van der Waals surface area contributed by atoms with E-state index in [1.807, 2.05) is 26.0 Å². The second-order valence-electron chi connectivity index (χ2n) is 7.50. The van der Waals surface area contributed by atoms with E-state index in [1.54, 1.807) is 32.4 Å². The molecular weight excluding hydrogens is 439 g/mol. The summed E-state index contributed by atoms with van der Waals surface area (Å²) in [6.07, 6.45) is 1.07. The van der Waals surface area contributed by atoms with Gasteiger partial charge in [-0.1, -0.05) is 43.1 Å². The van der Waals surface area contributed by atoms with E-state index in [9.17, 15) is 9.59 Å². The van der Waals surface area contributed by atoms with E-state index >= 15 is 0 Å². The number of amides is 2. The van der Waals surface area contributed by atoms with Gasteiger partial charge >= 0.3 is 0 Å². The van der Waals surface area contributed by atoms with Gasteiger partial charge in [-0.25, -0.2) is 0 Å². The Labute approximate surface area is 193 Å². The van der Waals surface area contributed by atoms with Gasteiger partial charge in [-0.3, -0.25) is 9.59 Å². The Morgan fingerprint density at radius 2 is 1.77 bits per heavy atom. The summed E-state index contributed by atoms with van der Waals surface area (Å²) < 4.78 is 10.6. The molecule has 2 rings (SSSR count). The maximum Gasteiger partial charge on any atom is 0.253 e. The molecule has 0 aliphatic carbocycles. The average Bonchev–Trinajstić information content (AvgIpc) is 2.72. The molecule has 0 saturated heterocycles. The Kier molecular flexibility index (Phi) is 9.46. The van der Waals surface area contributed by atoms with Gasteiger partial charge in [-0.15, -0.1) is 0 Å². The summed E-state index contributed by atoms with van der Waals surface area (Å²) in [5.41, 5.74) is 1.22. The van der Waals surface area contributed by atoms with Gasteiger partial charge < -0.3 is 20.1 Å². The lowest BCUT2D eigenvalue weighted by molar-refractivity contribution is -0.123. The van der Waals surface area contributed by atoms with Gasteiger partial charge in [0.2, 0.25) is 5.91 Å². The molecule has 0 heterocycles. The largest absolute Gasteiger partial charge is 0.497 e. The molecule has 2 N–H and O–H groups in total. The summed E-state index contributed by atoms with van der Waals surface area (Å²) in [5, 5.41) is 6.37. The van der Waals surface area contributed by atoms with Crippen LogP contribution in [0.25, 0.3) is 0 Å². The van der Waals surface area contributed by atoms with E-state index in [-0.39, 0.29) is 22.4 Å². The fourth-order valence-electron chi connectivity index (χ4n) is 3.11. The highest BCUT2D eigenvalue weighted by Gasteiger charge is 2.23. The fourth-order valence-corrected chi connectivity index (χ4v) is 3.61. The first-order chi connectivity index (χ1) is 14.7. The zero-order chi connectivity index (χ0) is 23.0. The predicted octanol–water partition coefficient (Wildman–Crippen LogP) is 4.51. The standard InChI is InChI=1S/C23H28Cl2N2O4/c1-14(2)11-20(27-22(28)18-8-6-16(24)12-19(18)25)23(29)26-10-9-15-5-7-17(30-3)13-21(15)31-4/h5-8,12-14,20H,9-11H2,1-4H3,(H,26,29)(H,27,28). The average molecular weight is 467 g/mol. The molecule has 0 aliphatic heterocycles. The van der Waals surface area contributed by atoms with Gasteiger partial charge in [0.1, 0.15) is 17.5 Å². The van der Waals surface area contributed by atoms with Crippen LogP contribution < -0.4 is 20.1 Å². The Morgan fingerprint density at radius 3 is 2.39 bits per heavy atom. The summed E-state index contributed by atoms with van der Waals surface area (Å²) in [4.78, 5) is 25.5. The molecule has 0 bridgehead atoms. The van der Waals surface area contributed by atoms with Crippen molar-refractivity contribution in [1.82, 2.24) is 10.6 Å². The molecule has 6 nitrogen and oxygen atoms in total. The SMILES string of the molecule is COc1ccc(CCNC(=O)C(CC(C)C)NC(=O)c2ccc(Cl)cc2Cl)c(OC)c1. The highest BCUT2D eigenvalue weighted by atomic mass is 35.5. The molecule has 31 heavy (non-hydrogen) atoms. The van der Waals surface area contributed by atoms with E-state index in [2.05, 4.69) is 10.6 Å². The van der Waals surface area contributed by atoms with Crippen LogP contribution in [0.3, 0.4) is 0 Å². The summed E-state index contributed by atoms with van der Waals surface area (Å²) in [6, 6.07) is 9.49. The van der Waals surface area contributed by atoms with Crippen LogP contribution in [-0.2, 0) is 11.2 Å². The number of carbonyl (C=O) groups is 2. The molecule has 0 aromatic heterocycles. The molecule has 1 atom stereocenters. The minimum atomic E-state index is -0.683. The zero-order valence-electron chi connectivity index (χ0n) is 18.1. The molecule has 0 aliphatic rings. The van der Waals surface area contributed by atoms with Gasteiger partial charge in [0.25, 0.3) is 5.91 Å². The van der Waals surface area contributed by atoms with Crippen LogP contribution in [0.2, 0.25) is 10.0 Å². The van der Waals surface area contributed by atoms with Crippen LogP contribution in [0, 0.1) is 5.92 Å². The van der Waals surface area contributed by atoms with Crippen molar-refractivity contribution in [3.05, 3.63) is 57.6 Å². The van der Waals surface area contributed by atoms with Gasteiger partial charge in [0, 0.05) is 17.6 Å². The van der Waals surface area contributed by atoms with Gasteiger partial charge in [0.15, 0.2) is 0 Å². The first kappa shape index (κ1) is 24.8. The number of benzene rings is 2. The molecule has 8 heteroatoms. The second-order valence-corrected chi connectivity index (χ2v) is 8.34. The predicted molar refractivity (Wildman–Crippen MR) is 123 cm³/mol. The van der Waals surface area contributed by atoms with Crippen LogP contribution in [0.1, 0.15) is 36.2 Å². The minimum absolute atomic E-state index is 0.207. The highest BCUT2D eigenvalue weighted by molar-refractivity contribution is 6.36. The van der Waals surface area contributed by atoms with Crippen molar-refractivity contribution in [2.24, 2.45) is 5.92 Å². The molecular formula is C23H28Cl2N2O4. The van der Waals surface area contributed by atoms with E-state index in [0.29, 0.717) is 35.9 Å². The van der Waals surface area contributed by atoms with Crippen molar-refractivity contribution in [3.8, 4) is 11.5 Å². The number of halogens is 2. The number of ether oxygens (including phenoxy) is 2. The highest BCUT2D eigenvalue weighted by Crippen LogP contribution is 2.25. The number of nitrogens with one attached hydrogen (secondary N) is 2. The third kappa shape index (κ3) is 7.33. The summed E-state index contributed by atoms with van der Waals surface area (Å²) in [7, 11) is 3.18. The number of hydrogen-bond donors (Lipinski definition) is 2. The molecule has 0 spiro atoms. The third-order valence-corrected chi connectivity index (χ3v) is 5.24. The molecule has 2 aromatic carbocycles. The van der Waals surface area contributed by atoms with Crippen LogP contribution >= 0.6 is 23.2 Å². The van der Waals surface area contributed by atoms with E-state index in [4.69, 9.17) is 32.7 Å². The lowest BCUT2D eigenvalue weighted by Crippen LogP contribution is -2.47. The molecule has 0 saturated carbocycles. The van der Waals surface area contributed by atoms with Crippen molar-refractivity contribution >= 4 is 35.0 Å². The molecule has 1 unspecified atom stereocenters. The third-order valence-electron chi connectivity index (χ3n) is 4.69. The number of methoxy groups -OCH3 is 2. The van der Waals surface area contributed by atoms with Crippen LogP contribution in [0.5, 0.6) is 11.5 Å². The molecule has 168 valence electrons. The zero-order valence-corrected chi connectivity index (χ0v) is 19.6. The van der Waals surface area contributed by atoms with Crippen molar-refractivity contribution < 1.29 is 19.1 Å². The van der Waals surface area contributed by atoms with Crippen LogP contribution in [-0.4, -0.2) is 38.6 Å². The van der Waals surface area contributed by atoms with E-state index in [1.165, 1.54) is 6.07 Å². The lowest BCUT2D eigenvalue weighted by Gasteiger charge is -2.21. The normalized spacial score (nSPS) is 11.7. The summed E-state index contributed by atoms with van der Waals surface area (Å²) >= 11 is 12.0. The Balaban J connectivity index is 2.02. The van der Waals surface area contributed by atoms with Crippen LogP contribution in [0.4, 0.5) is 0 Å². The number of carbonyl (C=O) groups excluding carboxylic acids is 2. The van der Waals surface area contributed by atoms with Crippen molar-refractivity contribution in [3.63, 3.8) is 0 Å². The maximum absolute atomic E-state index is 12.8. The number of rotatable bonds is 10. The monoisotopic (exact) mass is 466 g/mol. The lowest BCUT2D eigenvalue weighted by atomic mass is 10.0. The van der Waals surface area contributed by atoms with E-state index in [0.717, 1.165) is 5.56 Å². The van der Waals surface area contributed by atoms with E-state index < -0.39 is 11.9 Å². The van der Waals surface area contributed by atoms with Gasteiger partial charge in [0.05, 0.1) is 24.8 Å². The second kappa shape index (κ2) is 11.8.